The Kier molecular flexibility index (Phi) is 3.69. The molecule has 3 heteroatoms. The summed E-state index contributed by atoms with van der Waals surface area (Å²) in [6, 6.07) is 2.54. The third kappa shape index (κ3) is 2.67. The van der Waals surface area contributed by atoms with Crippen LogP contribution < -0.4 is 10.6 Å². The molecule has 3 aliphatic rings. The lowest BCUT2D eigenvalue weighted by Crippen LogP contribution is -2.44. The predicted molar refractivity (Wildman–Crippen MR) is 71.2 cm³/mol. The minimum Gasteiger partial charge on any atom is -0.315 e. The van der Waals surface area contributed by atoms with Crippen LogP contribution >= 0.6 is 0 Å². The molecule has 0 amide bonds. The second-order valence-electron chi connectivity index (χ2n) is 6.34. The molecule has 0 aromatic carbocycles. The van der Waals surface area contributed by atoms with Crippen LogP contribution in [0.1, 0.15) is 38.5 Å². The lowest BCUT2D eigenvalue weighted by molar-refractivity contribution is 0.132. The van der Waals surface area contributed by atoms with Crippen molar-refractivity contribution in [3.05, 3.63) is 0 Å². The molecule has 0 aliphatic carbocycles. The van der Waals surface area contributed by atoms with E-state index in [2.05, 4.69) is 22.6 Å². The molecule has 3 saturated heterocycles. The van der Waals surface area contributed by atoms with Gasteiger partial charge in [0.25, 0.3) is 0 Å². The summed E-state index contributed by atoms with van der Waals surface area (Å²) in [6.45, 7) is 3.66. The van der Waals surface area contributed by atoms with Gasteiger partial charge in [0.15, 0.2) is 0 Å². The van der Waals surface area contributed by atoms with E-state index in [0.29, 0.717) is 0 Å². The molecular weight excluding hydrogens is 210 g/mol. The molecule has 3 nitrogen and oxygen atoms in total. The third-order valence-corrected chi connectivity index (χ3v) is 5.18. The van der Waals surface area contributed by atoms with Crippen LogP contribution in [-0.2, 0) is 0 Å². The SMILES string of the molecule is CN1C2CCC1CC(CNCC1CCCN1)C2. The van der Waals surface area contributed by atoms with Gasteiger partial charge in [-0.2, -0.15) is 0 Å². The van der Waals surface area contributed by atoms with Crippen molar-refractivity contribution in [3.8, 4) is 0 Å². The zero-order chi connectivity index (χ0) is 11.7. The number of hydrogen-bond acceptors (Lipinski definition) is 3. The standard InChI is InChI=1S/C14H27N3/c1-17-13-4-5-14(17)8-11(7-13)9-15-10-12-3-2-6-16-12/h11-16H,2-10H2,1H3. The monoisotopic (exact) mass is 237 g/mol. The highest BCUT2D eigenvalue weighted by atomic mass is 15.2. The number of fused-ring (bicyclic) bond motifs is 2. The normalized spacial score (nSPS) is 42.2. The van der Waals surface area contributed by atoms with Crippen LogP contribution in [-0.4, -0.2) is 49.7 Å². The fraction of sp³-hybridized carbons (Fsp3) is 1.00. The van der Waals surface area contributed by atoms with Gasteiger partial charge in [-0.1, -0.05) is 0 Å². The first kappa shape index (κ1) is 11.9. The smallest absolute Gasteiger partial charge is 0.0192 e. The molecule has 98 valence electrons. The van der Waals surface area contributed by atoms with Crippen LogP contribution in [0.3, 0.4) is 0 Å². The fourth-order valence-electron chi connectivity index (χ4n) is 4.08. The topological polar surface area (TPSA) is 27.3 Å². The van der Waals surface area contributed by atoms with Crippen LogP contribution in [0.5, 0.6) is 0 Å². The molecule has 0 aromatic rings. The maximum absolute atomic E-state index is 3.70. The lowest BCUT2D eigenvalue weighted by atomic mass is 9.91. The van der Waals surface area contributed by atoms with Crippen molar-refractivity contribution < 1.29 is 0 Å². The van der Waals surface area contributed by atoms with E-state index in [1.807, 2.05) is 0 Å². The highest BCUT2D eigenvalue weighted by molar-refractivity contribution is 4.94. The Labute approximate surface area is 105 Å². The van der Waals surface area contributed by atoms with Crippen LogP contribution in [0, 0.1) is 5.92 Å². The van der Waals surface area contributed by atoms with Crippen LogP contribution in [0.25, 0.3) is 0 Å². The molecule has 3 heterocycles. The summed E-state index contributed by atoms with van der Waals surface area (Å²) in [5.74, 6) is 0.935. The minimum absolute atomic E-state index is 0.748. The van der Waals surface area contributed by atoms with E-state index in [1.165, 1.54) is 58.2 Å². The molecule has 0 spiro atoms. The largest absolute Gasteiger partial charge is 0.315 e. The second-order valence-corrected chi connectivity index (χ2v) is 6.34. The second kappa shape index (κ2) is 5.25. The summed E-state index contributed by atoms with van der Waals surface area (Å²) in [5, 5.41) is 7.26. The molecule has 0 aromatic heterocycles. The number of rotatable bonds is 4. The van der Waals surface area contributed by atoms with Crippen molar-refractivity contribution in [1.29, 1.82) is 0 Å². The molecule has 3 rings (SSSR count). The van der Waals surface area contributed by atoms with Crippen molar-refractivity contribution >= 4 is 0 Å². The molecule has 2 N–H and O–H groups in total. The summed E-state index contributed by atoms with van der Waals surface area (Å²) in [6.07, 6.45) is 8.48. The quantitative estimate of drug-likeness (QED) is 0.769. The molecule has 17 heavy (non-hydrogen) atoms. The minimum atomic E-state index is 0.748. The average Bonchev–Trinajstić information content (AvgIpc) is 2.87. The number of nitrogens with one attached hydrogen (secondary N) is 2. The van der Waals surface area contributed by atoms with Gasteiger partial charge in [-0.15, -0.1) is 0 Å². The summed E-state index contributed by atoms with van der Waals surface area (Å²) >= 11 is 0. The summed E-state index contributed by atoms with van der Waals surface area (Å²) in [4.78, 5) is 2.63. The van der Waals surface area contributed by atoms with Crippen molar-refractivity contribution in [1.82, 2.24) is 15.5 Å². The number of nitrogens with zero attached hydrogens (tertiary/aromatic N) is 1. The molecule has 3 unspecified atom stereocenters. The lowest BCUT2D eigenvalue weighted by Gasteiger charge is -2.36. The maximum Gasteiger partial charge on any atom is 0.0192 e. The van der Waals surface area contributed by atoms with Gasteiger partial charge in [0.05, 0.1) is 0 Å². The van der Waals surface area contributed by atoms with Crippen LogP contribution in [0.15, 0.2) is 0 Å². The van der Waals surface area contributed by atoms with E-state index in [1.54, 1.807) is 0 Å². The van der Waals surface area contributed by atoms with E-state index in [0.717, 1.165) is 24.0 Å². The summed E-state index contributed by atoms with van der Waals surface area (Å²) in [5.41, 5.74) is 0. The number of piperidine rings is 1. The van der Waals surface area contributed by atoms with Crippen molar-refractivity contribution in [2.24, 2.45) is 5.92 Å². The van der Waals surface area contributed by atoms with E-state index < -0.39 is 0 Å². The van der Waals surface area contributed by atoms with E-state index >= 15 is 0 Å². The molecule has 3 fully saturated rings. The first-order chi connectivity index (χ1) is 8.33. The zero-order valence-electron chi connectivity index (χ0n) is 11.1. The van der Waals surface area contributed by atoms with Crippen molar-refractivity contribution in [2.75, 3.05) is 26.7 Å². The Balaban J connectivity index is 1.38. The van der Waals surface area contributed by atoms with Gasteiger partial charge in [-0.3, -0.25) is 0 Å². The molecule has 2 bridgehead atoms. The van der Waals surface area contributed by atoms with Crippen LogP contribution in [0.4, 0.5) is 0 Å². The van der Waals surface area contributed by atoms with Gasteiger partial charge >= 0.3 is 0 Å². The number of hydrogen-bond donors (Lipinski definition) is 2. The van der Waals surface area contributed by atoms with E-state index in [-0.39, 0.29) is 0 Å². The maximum atomic E-state index is 3.70. The first-order valence-electron chi connectivity index (χ1n) is 7.49. The van der Waals surface area contributed by atoms with Gasteiger partial charge < -0.3 is 15.5 Å². The van der Waals surface area contributed by atoms with Gasteiger partial charge in [0.2, 0.25) is 0 Å². The third-order valence-electron chi connectivity index (χ3n) is 5.18. The Hall–Kier alpha value is -0.120. The first-order valence-corrected chi connectivity index (χ1v) is 7.49. The highest BCUT2D eigenvalue weighted by Gasteiger charge is 2.37. The van der Waals surface area contributed by atoms with Gasteiger partial charge in [-0.05, 0) is 64.6 Å². The highest BCUT2D eigenvalue weighted by Crippen LogP contribution is 2.36. The molecule has 3 atom stereocenters. The van der Waals surface area contributed by atoms with Crippen LogP contribution in [0.2, 0.25) is 0 Å². The van der Waals surface area contributed by atoms with E-state index in [9.17, 15) is 0 Å². The predicted octanol–water partition coefficient (Wildman–Crippen LogP) is 1.20. The van der Waals surface area contributed by atoms with E-state index in [4.69, 9.17) is 0 Å². The summed E-state index contributed by atoms with van der Waals surface area (Å²) < 4.78 is 0. The Morgan fingerprint density at radius 2 is 1.88 bits per heavy atom. The van der Waals surface area contributed by atoms with Gasteiger partial charge in [0, 0.05) is 24.7 Å². The van der Waals surface area contributed by atoms with Crippen molar-refractivity contribution in [2.45, 2.75) is 56.7 Å². The molecule has 3 aliphatic heterocycles. The molecular formula is C14H27N3. The Morgan fingerprint density at radius 1 is 1.12 bits per heavy atom. The average molecular weight is 237 g/mol. The molecule has 0 radical (unpaired) electrons. The Morgan fingerprint density at radius 3 is 2.53 bits per heavy atom. The van der Waals surface area contributed by atoms with Gasteiger partial charge in [0.1, 0.15) is 0 Å². The fourth-order valence-corrected chi connectivity index (χ4v) is 4.08. The summed E-state index contributed by atoms with van der Waals surface area (Å²) in [7, 11) is 2.33. The molecule has 0 saturated carbocycles. The van der Waals surface area contributed by atoms with Crippen molar-refractivity contribution in [3.63, 3.8) is 0 Å². The Bertz CT molecular complexity index is 236. The van der Waals surface area contributed by atoms with Gasteiger partial charge in [-0.25, -0.2) is 0 Å². The zero-order valence-corrected chi connectivity index (χ0v) is 11.1.